The number of hydrogen-bond acceptors (Lipinski definition) is 3. The van der Waals surface area contributed by atoms with Gasteiger partial charge in [0.2, 0.25) is 5.91 Å². The zero-order chi connectivity index (χ0) is 20.1. The summed E-state index contributed by atoms with van der Waals surface area (Å²) in [5.41, 5.74) is 3.85. The van der Waals surface area contributed by atoms with E-state index >= 15 is 0 Å². The fourth-order valence-electron chi connectivity index (χ4n) is 2.82. The highest BCUT2D eigenvalue weighted by molar-refractivity contribution is 6.30. The maximum atomic E-state index is 12.2. The molecule has 7 heteroatoms. The molecule has 0 radical (unpaired) electrons. The van der Waals surface area contributed by atoms with E-state index in [-0.39, 0.29) is 12.3 Å². The van der Waals surface area contributed by atoms with Gasteiger partial charge in [0.25, 0.3) is 0 Å². The Morgan fingerprint density at radius 3 is 2.71 bits per heavy atom. The van der Waals surface area contributed by atoms with E-state index in [9.17, 15) is 4.79 Å². The molecule has 3 aromatic rings. The van der Waals surface area contributed by atoms with Crippen LogP contribution < -0.4 is 5.32 Å². The Bertz CT molecular complexity index is 922. The van der Waals surface area contributed by atoms with E-state index < -0.39 is 0 Å². The van der Waals surface area contributed by atoms with Crippen LogP contribution >= 0.6 is 11.6 Å². The molecule has 1 aliphatic carbocycles. The molecule has 0 spiro atoms. The Labute approximate surface area is 170 Å². The molecule has 1 aliphatic rings. The largest absolute Gasteiger partial charge is 0.309 e. The SMILES string of the molecule is CCC.Cc1cc(Cl)cc(-n2cc(CC(=O)Nc3cc(C4CC4)[nH]n3)cn2)c1. The average Bonchev–Trinajstić information content (AvgIpc) is 3.19. The van der Waals surface area contributed by atoms with Gasteiger partial charge in [-0.25, -0.2) is 4.68 Å². The zero-order valence-electron chi connectivity index (χ0n) is 16.5. The Morgan fingerprint density at radius 1 is 1.29 bits per heavy atom. The monoisotopic (exact) mass is 399 g/mol. The molecule has 0 saturated heterocycles. The first-order valence-corrected chi connectivity index (χ1v) is 10.0. The Balaban J connectivity index is 0.000000706. The topological polar surface area (TPSA) is 75.6 Å². The van der Waals surface area contributed by atoms with Crippen molar-refractivity contribution in [3.8, 4) is 5.69 Å². The normalized spacial score (nSPS) is 13.0. The smallest absolute Gasteiger partial charge is 0.230 e. The molecule has 148 valence electrons. The maximum Gasteiger partial charge on any atom is 0.230 e. The first-order chi connectivity index (χ1) is 13.5. The minimum Gasteiger partial charge on any atom is -0.309 e. The van der Waals surface area contributed by atoms with Crippen LogP contribution in [0.25, 0.3) is 5.69 Å². The second-order valence-corrected chi connectivity index (χ2v) is 7.63. The van der Waals surface area contributed by atoms with E-state index in [1.54, 1.807) is 10.9 Å². The van der Waals surface area contributed by atoms with E-state index in [1.807, 2.05) is 37.4 Å². The number of halogens is 1. The van der Waals surface area contributed by atoms with Gasteiger partial charge in [-0.2, -0.15) is 10.2 Å². The van der Waals surface area contributed by atoms with Crippen molar-refractivity contribution in [2.45, 2.75) is 52.4 Å². The third kappa shape index (κ3) is 5.45. The van der Waals surface area contributed by atoms with E-state index in [0.717, 1.165) is 22.5 Å². The molecule has 0 atom stereocenters. The maximum absolute atomic E-state index is 12.2. The van der Waals surface area contributed by atoms with Gasteiger partial charge in [0.15, 0.2) is 5.82 Å². The number of benzene rings is 1. The van der Waals surface area contributed by atoms with Gasteiger partial charge in [0.05, 0.1) is 18.3 Å². The van der Waals surface area contributed by atoms with Crippen molar-refractivity contribution in [3.63, 3.8) is 0 Å². The molecule has 0 bridgehead atoms. The van der Waals surface area contributed by atoms with Crippen LogP contribution in [0.4, 0.5) is 5.82 Å². The van der Waals surface area contributed by atoms with Crippen LogP contribution in [0.5, 0.6) is 0 Å². The summed E-state index contributed by atoms with van der Waals surface area (Å²) in [7, 11) is 0. The van der Waals surface area contributed by atoms with Gasteiger partial charge in [0, 0.05) is 28.9 Å². The average molecular weight is 400 g/mol. The molecule has 4 rings (SSSR count). The fourth-order valence-corrected chi connectivity index (χ4v) is 3.10. The lowest BCUT2D eigenvalue weighted by atomic mass is 10.2. The lowest BCUT2D eigenvalue weighted by Crippen LogP contribution is -2.14. The predicted molar refractivity (Wildman–Crippen MR) is 112 cm³/mol. The van der Waals surface area contributed by atoms with Gasteiger partial charge >= 0.3 is 0 Å². The number of aromatic nitrogens is 4. The number of anilines is 1. The molecule has 2 heterocycles. The van der Waals surface area contributed by atoms with E-state index in [0.29, 0.717) is 16.8 Å². The van der Waals surface area contributed by atoms with Gasteiger partial charge < -0.3 is 5.32 Å². The van der Waals surface area contributed by atoms with E-state index in [2.05, 4.69) is 34.5 Å². The van der Waals surface area contributed by atoms with Gasteiger partial charge in [-0.1, -0.05) is 31.9 Å². The number of aromatic amines is 1. The van der Waals surface area contributed by atoms with Crippen molar-refractivity contribution >= 4 is 23.3 Å². The Hall–Kier alpha value is -2.60. The van der Waals surface area contributed by atoms with Crippen molar-refractivity contribution < 1.29 is 4.79 Å². The van der Waals surface area contributed by atoms with Crippen LogP contribution in [0.2, 0.25) is 5.02 Å². The van der Waals surface area contributed by atoms with Gasteiger partial charge in [-0.3, -0.25) is 9.89 Å². The Morgan fingerprint density at radius 2 is 2.04 bits per heavy atom. The fraction of sp³-hybridized carbons (Fsp3) is 0.381. The van der Waals surface area contributed by atoms with Crippen LogP contribution in [0.3, 0.4) is 0 Å². The summed E-state index contributed by atoms with van der Waals surface area (Å²) in [5, 5.41) is 14.9. The number of hydrogen-bond donors (Lipinski definition) is 2. The quantitative estimate of drug-likeness (QED) is 0.631. The number of H-pyrrole nitrogens is 1. The molecule has 1 fully saturated rings. The van der Waals surface area contributed by atoms with E-state index in [4.69, 9.17) is 11.6 Å². The highest BCUT2D eigenvalue weighted by Crippen LogP contribution is 2.39. The van der Waals surface area contributed by atoms with Crippen molar-refractivity contribution in [2.75, 3.05) is 5.32 Å². The third-order valence-electron chi connectivity index (χ3n) is 4.17. The predicted octanol–water partition coefficient (Wildman–Crippen LogP) is 5.03. The lowest BCUT2D eigenvalue weighted by Gasteiger charge is -2.03. The highest BCUT2D eigenvalue weighted by Gasteiger charge is 2.25. The summed E-state index contributed by atoms with van der Waals surface area (Å²) in [4.78, 5) is 12.2. The third-order valence-corrected chi connectivity index (χ3v) is 4.39. The summed E-state index contributed by atoms with van der Waals surface area (Å²) in [6, 6.07) is 7.64. The number of amides is 1. The summed E-state index contributed by atoms with van der Waals surface area (Å²) in [6.45, 7) is 6.23. The number of carbonyl (C=O) groups excluding carboxylic acids is 1. The van der Waals surface area contributed by atoms with Crippen molar-refractivity contribution in [3.05, 3.63) is 58.5 Å². The van der Waals surface area contributed by atoms with Gasteiger partial charge in [-0.05, 0) is 49.1 Å². The minimum absolute atomic E-state index is 0.115. The second kappa shape index (κ2) is 9.06. The van der Waals surface area contributed by atoms with Crippen LogP contribution in [-0.2, 0) is 11.2 Å². The first-order valence-electron chi connectivity index (χ1n) is 9.64. The molecule has 28 heavy (non-hydrogen) atoms. The second-order valence-electron chi connectivity index (χ2n) is 7.19. The number of carbonyl (C=O) groups is 1. The zero-order valence-corrected chi connectivity index (χ0v) is 17.3. The standard InChI is InChI=1S/C18H18ClN5O.C3H8/c1-11-4-14(19)7-15(5-11)24-10-12(9-20-24)6-18(25)21-17-8-16(22-23-17)13-2-3-13;1-3-2/h4-5,7-10,13H,2-3,6H2,1H3,(H2,21,22,23,25);3H2,1-2H3. The molecule has 1 amide bonds. The summed E-state index contributed by atoms with van der Waals surface area (Å²) in [6.07, 6.45) is 7.40. The molecule has 1 saturated carbocycles. The molecule has 0 unspecified atom stereocenters. The van der Waals surface area contributed by atoms with Crippen LogP contribution in [0.1, 0.15) is 55.8 Å². The van der Waals surface area contributed by atoms with Crippen molar-refractivity contribution in [2.24, 2.45) is 0 Å². The first kappa shape index (κ1) is 20.1. The van der Waals surface area contributed by atoms with Gasteiger partial charge in [-0.15, -0.1) is 0 Å². The number of aryl methyl sites for hydroxylation is 1. The molecule has 6 nitrogen and oxygen atoms in total. The summed E-state index contributed by atoms with van der Waals surface area (Å²) in [5.74, 6) is 1.04. The molecular formula is C21H26ClN5O. The van der Waals surface area contributed by atoms with Gasteiger partial charge in [0.1, 0.15) is 0 Å². The van der Waals surface area contributed by atoms with Crippen LogP contribution in [0.15, 0.2) is 36.7 Å². The highest BCUT2D eigenvalue weighted by atomic mass is 35.5. The molecule has 2 N–H and O–H groups in total. The van der Waals surface area contributed by atoms with Crippen LogP contribution in [-0.4, -0.2) is 25.9 Å². The number of rotatable bonds is 5. The molecule has 1 aromatic carbocycles. The summed E-state index contributed by atoms with van der Waals surface area (Å²) < 4.78 is 1.72. The van der Waals surface area contributed by atoms with Crippen LogP contribution in [0, 0.1) is 6.92 Å². The Kier molecular flexibility index (Phi) is 6.52. The minimum atomic E-state index is -0.115. The number of nitrogens with zero attached hydrogens (tertiary/aromatic N) is 3. The lowest BCUT2D eigenvalue weighted by molar-refractivity contribution is -0.115. The summed E-state index contributed by atoms with van der Waals surface area (Å²) >= 11 is 6.09. The number of nitrogens with one attached hydrogen (secondary N) is 2. The molecule has 2 aromatic heterocycles. The molecule has 0 aliphatic heterocycles. The van der Waals surface area contributed by atoms with Crippen molar-refractivity contribution in [1.82, 2.24) is 20.0 Å². The van der Waals surface area contributed by atoms with Crippen molar-refractivity contribution in [1.29, 1.82) is 0 Å². The van der Waals surface area contributed by atoms with E-state index in [1.165, 1.54) is 19.3 Å². The molecular weight excluding hydrogens is 374 g/mol.